The Balaban J connectivity index is 4.50. The van der Waals surface area contributed by atoms with Gasteiger partial charge in [0.15, 0.2) is 0 Å². The van der Waals surface area contributed by atoms with Gasteiger partial charge in [0.25, 0.3) is 0 Å². The second kappa shape index (κ2) is 5.84. The molecule has 56 valence electrons. The van der Waals surface area contributed by atoms with Gasteiger partial charge >= 0.3 is 0 Å². The summed E-state index contributed by atoms with van der Waals surface area (Å²) in [6, 6.07) is 0. The van der Waals surface area contributed by atoms with Gasteiger partial charge in [-0.05, 0) is 6.92 Å². The standard InChI is InChI=1S/C9H14B2/c1-4-6-7-9(11-10)8(3)5-2/h4-7,11H,1-2,10H2,3H3/b7-6-,9-8+. The van der Waals surface area contributed by atoms with Gasteiger partial charge in [0.05, 0.1) is 7.74 Å². The largest absolute Gasteiger partial charge is 0.119 e. The second-order valence-electron chi connectivity index (χ2n) is 2.36. The van der Waals surface area contributed by atoms with E-state index in [-0.39, 0.29) is 0 Å². The molecular formula is C9H14B2. The molecule has 0 bridgehead atoms. The molecule has 0 aromatic carbocycles. The van der Waals surface area contributed by atoms with Crippen LogP contribution in [0.15, 0.2) is 48.5 Å². The fraction of sp³-hybridized carbons (Fsp3) is 0.111. The molecule has 0 fully saturated rings. The highest BCUT2D eigenvalue weighted by atomic mass is 13.9. The van der Waals surface area contributed by atoms with E-state index in [9.17, 15) is 0 Å². The van der Waals surface area contributed by atoms with Crippen molar-refractivity contribution < 1.29 is 0 Å². The van der Waals surface area contributed by atoms with Gasteiger partial charge in [-0.15, -0.1) is 0 Å². The molecule has 0 aliphatic rings. The van der Waals surface area contributed by atoms with Crippen LogP contribution in [0.3, 0.4) is 0 Å². The van der Waals surface area contributed by atoms with Crippen LogP contribution in [0, 0.1) is 0 Å². The third kappa shape index (κ3) is 3.72. The quantitative estimate of drug-likeness (QED) is 0.410. The number of hydrogen-bond acceptors (Lipinski definition) is 0. The molecule has 0 saturated heterocycles. The maximum atomic E-state index is 3.72. The van der Waals surface area contributed by atoms with E-state index in [1.807, 2.05) is 12.2 Å². The van der Waals surface area contributed by atoms with Crippen molar-refractivity contribution >= 4 is 14.9 Å². The van der Waals surface area contributed by atoms with Crippen molar-refractivity contribution in [3.63, 3.8) is 0 Å². The first-order valence-corrected chi connectivity index (χ1v) is 3.87. The van der Waals surface area contributed by atoms with Crippen molar-refractivity contribution in [2.45, 2.75) is 6.92 Å². The molecule has 2 heteroatoms. The molecule has 0 saturated carbocycles. The minimum Gasteiger partial charge on any atom is -0.0991 e. The predicted octanol–water partition coefficient (Wildman–Crippen LogP) is 1.17. The summed E-state index contributed by atoms with van der Waals surface area (Å²) >= 11 is 0. The van der Waals surface area contributed by atoms with Gasteiger partial charge in [0.1, 0.15) is 7.17 Å². The number of hydrogen-bond donors (Lipinski definition) is 0. The van der Waals surface area contributed by atoms with Crippen molar-refractivity contribution in [3.8, 4) is 0 Å². The van der Waals surface area contributed by atoms with Crippen LogP contribution in [0.2, 0.25) is 0 Å². The average Bonchev–Trinajstić information content (AvgIpc) is 2.05. The van der Waals surface area contributed by atoms with Crippen LogP contribution < -0.4 is 0 Å². The lowest BCUT2D eigenvalue weighted by atomic mass is 9.49. The number of allylic oxidation sites excluding steroid dienone is 6. The highest BCUT2D eigenvalue weighted by molar-refractivity contribution is 6.94. The number of rotatable bonds is 4. The smallest absolute Gasteiger partial charge is 0.0991 e. The Kier molecular flexibility index (Phi) is 5.36. The van der Waals surface area contributed by atoms with E-state index < -0.39 is 0 Å². The molecule has 0 spiro atoms. The van der Waals surface area contributed by atoms with Crippen LogP contribution in [0.4, 0.5) is 0 Å². The lowest BCUT2D eigenvalue weighted by molar-refractivity contribution is 1.51. The third-order valence-corrected chi connectivity index (χ3v) is 1.63. The maximum Gasteiger partial charge on any atom is 0.119 e. The van der Waals surface area contributed by atoms with Gasteiger partial charge in [-0.3, -0.25) is 0 Å². The molecule has 0 aliphatic carbocycles. The molecule has 0 aliphatic heterocycles. The normalized spacial score (nSPS) is 12.5. The lowest BCUT2D eigenvalue weighted by Crippen LogP contribution is -1.95. The summed E-state index contributed by atoms with van der Waals surface area (Å²) in [5.41, 5.74) is 2.56. The summed E-state index contributed by atoms with van der Waals surface area (Å²) in [6.45, 7) is 9.41. The van der Waals surface area contributed by atoms with Crippen LogP contribution in [-0.4, -0.2) is 14.9 Å². The van der Waals surface area contributed by atoms with Crippen LogP contribution >= 0.6 is 0 Å². The topological polar surface area (TPSA) is 0 Å². The predicted molar refractivity (Wildman–Crippen MR) is 57.9 cm³/mol. The summed E-state index contributed by atoms with van der Waals surface area (Å²) < 4.78 is 0. The highest BCUT2D eigenvalue weighted by Gasteiger charge is 1.91. The molecule has 11 heavy (non-hydrogen) atoms. The van der Waals surface area contributed by atoms with Crippen LogP contribution in [0.25, 0.3) is 0 Å². The van der Waals surface area contributed by atoms with E-state index in [0.29, 0.717) is 0 Å². The Hall–Kier alpha value is -0.910. The first-order valence-electron chi connectivity index (χ1n) is 3.87. The zero-order valence-corrected chi connectivity index (χ0v) is 7.43. The fourth-order valence-electron chi connectivity index (χ4n) is 0.843. The Morgan fingerprint density at radius 2 is 2.09 bits per heavy atom. The van der Waals surface area contributed by atoms with E-state index in [1.165, 1.54) is 11.0 Å². The Bertz CT molecular complexity index is 200. The van der Waals surface area contributed by atoms with E-state index in [0.717, 1.165) is 7.17 Å². The van der Waals surface area contributed by atoms with Gasteiger partial charge in [-0.2, -0.15) is 0 Å². The highest BCUT2D eigenvalue weighted by Crippen LogP contribution is 2.03. The van der Waals surface area contributed by atoms with Crippen molar-refractivity contribution in [2.75, 3.05) is 0 Å². The molecule has 0 aromatic rings. The lowest BCUT2D eigenvalue weighted by Gasteiger charge is -1.98. The Labute approximate surface area is 71.0 Å². The molecule has 0 amide bonds. The van der Waals surface area contributed by atoms with E-state index in [4.69, 9.17) is 0 Å². The van der Waals surface area contributed by atoms with Crippen LogP contribution in [-0.2, 0) is 0 Å². The first-order chi connectivity index (χ1) is 5.26. The Morgan fingerprint density at radius 1 is 1.45 bits per heavy atom. The monoisotopic (exact) mass is 144 g/mol. The van der Waals surface area contributed by atoms with Crippen molar-refractivity contribution in [1.29, 1.82) is 0 Å². The first kappa shape index (κ1) is 10.1. The molecule has 0 aromatic heterocycles. The second-order valence-corrected chi connectivity index (χ2v) is 2.36. The third-order valence-electron chi connectivity index (χ3n) is 1.63. The van der Waals surface area contributed by atoms with E-state index >= 15 is 0 Å². The van der Waals surface area contributed by atoms with Gasteiger partial charge in [-0.1, -0.05) is 48.5 Å². The summed E-state index contributed by atoms with van der Waals surface area (Å²) in [7, 11) is 3.18. The summed E-state index contributed by atoms with van der Waals surface area (Å²) in [5, 5.41) is 0. The maximum absolute atomic E-state index is 3.72. The van der Waals surface area contributed by atoms with Gasteiger partial charge in [-0.25, -0.2) is 0 Å². The van der Waals surface area contributed by atoms with E-state index in [1.54, 1.807) is 6.08 Å². The van der Waals surface area contributed by atoms with Gasteiger partial charge in [0, 0.05) is 0 Å². The van der Waals surface area contributed by atoms with Crippen LogP contribution in [0.1, 0.15) is 6.92 Å². The Morgan fingerprint density at radius 3 is 2.45 bits per heavy atom. The summed E-state index contributed by atoms with van der Waals surface area (Å²) in [5.74, 6) is 0. The molecule has 0 atom stereocenters. The van der Waals surface area contributed by atoms with Crippen molar-refractivity contribution in [1.82, 2.24) is 0 Å². The SMILES string of the molecule is BBC(/C=C\C=C)=C(\C)C=C. The molecule has 0 radical (unpaired) electrons. The fourth-order valence-corrected chi connectivity index (χ4v) is 0.843. The molecule has 0 heterocycles. The zero-order valence-electron chi connectivity index (χ0n) is 7.43. The molecule has 0 rings (SSSR count). The summed E-state index contributed by atoms with van der Waals surface area (Å²) in [4.78, 5) is 0. The molecule has 0 unspecified atom stereocenters. The zero-order chi connectivity index (χ0) is 8.69. The average molecular weight is 144 g/mol. The molecular weight excluding hydrogens is 130 g/mol. The van der Waals surface area contributed by atoms with Crippen molar-refractivity contribution in [3.05, 3.63) is 48.5 Å². The molecule has 0 nitrogen and oxygen atoms in total. The van der Waals surface area contributed by atoms with Gasteiger partial charge in [0.2, 0.25) is 0 Å². The minimum absolute atomic E-state index is 1.04. The summed E-state index contributed by atoms with van der Waals surface area (Å²) in [6.07, 6.45) is 7.69. The molecule has 0 N–H and O–H groups in total. The van der Waals surface area contributed by atoms with Crippen LogP contribution in [0.5, 0.6) is 0 Å². The minimum atomic E-state index is 1.04. The van der Waals surface area contributed by atoms with Crippen molar-refractivity contribution in [2.24, 2.45) is 0 Å². The van der Waals surface area contributed by atoms with E-state index in [2.05, 4.69) is 33.9 Å². The van der Waals surface area contributed by atoms with Gasteiger partial charge < -0.3 is 0 Å².